The second-order valence-electron chi connectivity index (χ2n) is 7.77. The highest BCUT2D eigenvalue weighted by Gasteiger charge is 2.27. The fraction of sp³-hybridized carbons (Fsp3) is 0.318. The Morgan fingerprint density at radius 2 is 1.93 bits per heavy atom. The lowest BCUT2D eigenvalue weighted by atomic mass is 10.1. The molecule has 0 unspecified atom stereocenters. The molecule has 30 heavy (non-hydrogen) atoms. The van der Waals surface area contributed by atoms with E-state index in [1.54, 1.807) is 18.2 Å². The Balaban J connectivity index is 1.61. The van der Waals surface area contributed by atoms with E-state index in [4.69, 9.17) is 11.6 Å². The molecule has 0 radical (unpaired) electrons. The summed E-state index contributed by atoms with van der Waals surface area (Å²) in [5.41, 5.74) is 2.54. The van der Waals surface area contributed by atoms with Gasteiger partial charge in [0.2, 0.25) is 10.0 Å². The average Bonchev–Trinajstić information content (AvgIpc) is 3.13. The molecule has 1 saturated heterocycles. The number of carbonyl (C=O) groups is 1. The van der Waals surface area contributed by atoms with E-state index in [1.807, 2.05) is 30.5 Å². The van der Waals surface area contributed by atoms with Crippen LogP contribution in [0.25, 0.3) is 10.9 Å². The van der Waals surface area contributed by atoms with Crippen molar-refractivity contribution in [1.29, 1.82) is 0 Å². The van der Waals surface area contributed by atoms with Crippen LogP contribution in [0.2, 0.25) is 5.02 Å². The van der Waals surface area contributed by atoms with Crippen LogP contribution in [0.5, 0.6) is 0 Å². The Morgan fingerprint density at radius 1 is 1.13 bits per heavy atom. The topological polar surface area (TPSA) is 71.4 Å². The number of nitrogens with one attached hydrogen (secondary N) is 1. The van der Waals surface area contributed by atoms with Crippen LogP contribution in [0.4, 0.5) is 11.4 Å². The van der Waals surface area contributed by atoms with Crippen LogP contribution < -0.4 is 9.62 Å². The summed E-state index contributed by atoms with van der Waals surface area (Å²) < 4.78 is 28.2. The number of benzene rings is 2. The quantitative estimate of drug-likeness (QED) is 0.610. The molecule has 6 nitrogen and oxygen atoms in total. The van der Waals surface area contributed by atoms with Crippen LogP contribution in [0, 0.1) is 0 Å². The highest BCUT2D eigenvalue weighted by atomic mass is 35.5. The molecule has 8 heteroatoms. The maximum Gasteiger partial charge on any atom is 0.257 e. The number of rotatable bonds is 4. The first-order valence-corrected chi connectivity index (χ1v) is 12.0. The van der Waals surface area contributed by atoms with E-state index in [2.05, 4.69) is 23.7 Å². The molecular formula is C22H24ClN3O3S. The average molecular weight is 446 g/mol. The van der Waals surface area contributed by atoms with Crippen molar-refractivity contribution in [2.75, 3.05) is 21.9 Å². The molecule has 0 saturated carbocycles. The van der Waals surface area contributed by atoms with Gasteiger partial charge in [0.25, 0.3) is 5.91 Å². The number of fused-ring (bicyclic) bond motifs is 1. The molecule has 1 amide bonds. The van der Waals surface area contributed by atoms with Crippen LogP contribution in [0.3, 0.4) is 0 Å². The highest BCUT2D eigenvalue weighted by Crippen LogP contribution is 2.30. The van der Waals surface area contributed by atoms with Gasteiger partial charge in [-0.05, 0) is 63.1 Å². The van der Waals surface area contributed by atoms with Crippen molar-refractivity contribution in [3.8, 4) is 0 Å². The van der Waals surface area contributed by atoms with Crippen molar-refractivity contribution in [2.24, 2.45) is 0 Å². The number of amides is 1. The predicted octanol–water partition coefficient (Wildman–Crippen LogP) is 5.06. The lowest BCUT2D eigenvalue weighted by Crippen LogP contribution is -2.37. The number of hydrogen-bond donors (Lipinski definition) is 1. The number of anilines is 2. The zero-order valence-corrected chi connectivity index (χ0v) is 18.5. The smallest absolute Gasteiger partial charge is 0.257 e. The lowest BCUT2D eigenvalue weighted by Gasteiger charge is -2.28. The molecule has 0 aliphatic carbocycles. The number of aromatic nitrogens is 1. The molecule has 0 spiro atoms. The van der Waals surface area contributed by atoms with Gasteiger partial charge >= 0.3 is 0 Å². The van der Waals surface area contributed by atoms with Crippen LogP contribution >= 0.6 is 11.6 Å². The van der Waals surface area contributed by atoms with E-state index in [1.165, 1.54) is 4.31 Å². The standard InChI is InChI=1S/C22H24ClN3O3S/c1-15(2)25-12-10-18-20(6-5-7-21(18)25)24-22(27)17-9-8-16(14-19(17)23)26-11-3-4-13-30(26,28)29/h5-10,12,14-15H,3-4,11,13H2,1-2H3,(H,24,27). The van der Waals surface area contributed by atoms with Crippen LogP contribution in [0.15, 0.2) is 48.7 Å². The van der Waals surface area contributed by atoms with E-state index in [0.717, 1.165) is 17.3 Å². The Kier molecular flexibility index (Phi) is 5.51. The maximum absolute atomic E-state index is 12.9. The normalized spacial score (nSPS) is 16.2. The minimum Gasteiger partial charge on any atom is -0.345 e. The van der Waals surface area contributed by atoms with Crippen molar-refractivity contribution in [3.05, 3.63) is 59.2 Å². The highest BCUT2D eigenvalue weighted by molar-refractivity contribution is 7.92. The molecule has 0 bridgehead atoms. The van der Waals surface area contributed by atoms with Crippen molar-refractivity contribution in [3.63, 3.8) is 0 Å². The van der Waals surface area contributed by atoms with Crippen LogP contribution in [-0.2, 0) is 10.0 Å². The van der Waals surface area contributed by atoms with E-state index in [0.29, 0.717) is 35.9 Å². The molecule has 2 aromatic carbocycles. The third-order valence-electron chi connectivity index (χ3n) is 5.40. The van der Waals surface area contributed by atoms with E-state index < -0.39 is 10.0 Å². The zero-order chi connectivity index (χ0) is 21.5. The summed E-state index contributed by atoms with van der Waals surface area (Å²) in [4.78, 5) is 12.9. The van der Waals surface area contributed by atoms with Gasteiger partial charge < -0.3 is 9.88 Å². The number of nitrogens with zero attached hydrogens (tertiary/aromatic N) is 2. The third kappa shape index (κ3) is 3.79. The summed E-state index contributed by atoms with van der Waals surface area (Å²) in [5, 5.41) is 4.11. The number of sulfonamides is 1. The second-order valence-corrected chi connectivity index (χ2v) is 10.2. The molecule has 1 fully saturated rings. The molecule has 3 aromatic rings. The Hall–Kier alpha value is -2.51. The summed E-state index contributed by atoms with van der Waals surface area (Å²) in [5.74, 6) is -0.203. The molecule has 4 rings (SSSR count). The molecule has 1 aliphatic heterocycles. The number of hydrogen-bond acceptors (Lipinski definition) is 3. The van der Waals surface area contributed by atoms with Gasteiger partial charge in [-0.25, -0.2) is 8.42 Å². The number of carbonyl (C=O) groups excluding carboxylic acids is 1. The summed E-state index contributed by atoms with van der Waals surface area (Å²) >= 11 is 6.38. The van der Waals surface area contributed by atoms with E-state index in [9.17, 15) is 13.2 Å². The first-order valence-electron chi connectivity index (χ1n) is 9.99. The summed E-state index contributed by atoms with van der Waals surface area (Å²) in [7, 11) is -3.33. The molecule has 158 valence electrons. The van der Waals surface area contributed by atoms with Crippen molar-refractivity contribution in [2.45, 2.75) is 32.7 Å². The Morgan fingerprint density at radius 3 is 2.63 bits per heavy atom. The largest absolute Gasteiger partial charge is 0.345 e. The van der Waals surface area contributed by atoms with Gasteiger partial charge in [0, 0.05) is 24.2 Å². The van der Waals surface area contributed by atoms with Crippen LogP contribution in [0.1, 0.15) is 43.1 Å². The molecule has 2 heterocycles. The fourth-order valence-corrected chi connectivity index (χ4v) is 5.75. The van der Waals surface area contributed by atoms with E-state index in [-0.39, 0.29) is 16.7 Å². The maximum atomic E-state index is 12.9. The molecule has 0 atom stereocenters. The SMILES string of the molecule is CC(C)n1ccc2c(NC(=O)c3ccc(N4CCCCS4(=O)=O)cc3Cl)cccc21. The van der Waals surface area contributed by atoms with Gasteiger partial charge in [0.1, 0.15) is 0 Å². The second kappa shape index (κ2) is 7.96. The molecular weight excluding hydrogens is 422 g/mol. The fourth-order valence-electron chi connectivity index (χ4n) is 3.86. The minimum absolute atomic E-state index is 0.132. The zero-order valence-electron chi connectivity index (χ0n) is 16.9. The Bertz CT molecular complexity index is 1220. The first-order chi connectivity index (χ1) is 14.3. The molecule has 1 aromatic heterocycles. The van der Waals surface area contributed by atoms with Gasteiger partial charge in [-0.15, -0.1) is 0 Å². The summed E-state index contributed by atoms with van der Waals surface area (Å²) in [6.45, 7) is 4.64. The van der Waals surface area contributed by atoms with Crippen molar-refractivity contribution < 1.29 is 13.2 Å². The lowest BCUT2D eigenvalue weighted by molar-refractivity contribution is 0.102. The molecule has 1 aliphatic rings. The summed E-state index contributed by atoms with van der Waals surface area (Å²) in [6.07, 6.45) is 3.47. The monoisotopic (exact) mass is 445 g/mol. The number of halogens is 1. The van der Waals surface area contributed by atoms with Gasteiger partial charge in [-0.2, -0.15) is 0 Å². The van der Waals surface area contributed by atoms with Crippen LogP contribution in [-0.4, -0.2) is 31.2 Å². The van der Waals surface area contributed by atoms with Gasteiger partial charge in [0.15, 0.2) is 0 Å². The minimum atomic E-state index is -3.33. The predicted molar refractivity (Wildman–Crippen MR) is 122 cm³/mol. The van der Waals surface area contributed by atoms with Gasteiger partial charge in [-0.1, -0.05) is 17.7 Å². The van der Waals surface area contributed by atoms with E-state index >= 15 is 0 Å². The summed E-state index contributed by atoms with van der Waals surface area (Å²) in [6, 6.07) is 12.8. The van der Waals surface area contributed by atoms with Crippen molar-refractivity contribution in [1.82, 2.24) is 4.57 Å². The third-order valence-corrected chi connectivity index (χ3v) is 7.58. The first kappa shape index (κ1) is 20.8. The van der Waals surface area contributed by atoms with Gasteiger partial charge in [-0.3, -0.25) is 9.10 Å². The van der Waals surface area contributed by atoms with Gasteiger partial charge in [0.05, 0.1) is 33.2 Å². The van der Waals surface area contributed by atoms with Crippen molar-refractivity contribution >= 4 is 49.8 Å². The molecule has 1 N–H and O–H groups in total. The Labute approximate surface area is 181 Å².